The van der Waals surface area contributed by atoms with Gasteiger partial charge in [0.2, 0.25) is 11.9 Å². The first kappa shape index (κ1) is 25.1. The molecular weight excluding hydrogens is 501 g/mol. The van der Waals surface area contributed by atoms with Crippen molar-refractivity contribution in [2.24, 2.45) is 5.92 Å². The number of nitrogens with one attached hydrogen (secondary N) is 3. The maximum atomic E-state index is 15.0. The van der Waals surface area contributed by atoms with E-state index in [1.165, 1.54) is 12.1 Å². The number of halogens is 1. The van der Waals surface area contributed by atoms with Crippen LogP contribution >= 0.6 is 0 Å². The van der Waals surface area contributed by atoms with E-state index in [0.29, 0.717) is 46.9 Å². The van der Waals surface area contributed by atoms with E-state index in [4.69, 9.17) is 19.4 Å². The third kappa shape index (κ3) is 5.63. The number of nitrogens with zero attached hydrogens (tertiary/aromatic N) is 4. The van der Waals surface area contributed by atoms with Crippen LogP contribution in [-0.2, 0) is 4.74 Å². The maximum Gasteiger partial charge on any atom is 0.254 e. The molecule has 202 valence electrons. The molecule has 2 aliphatic rings. The molecule has 4 aromatic rings. The van der Waals surface area contributed by atoms with Gasteiger partial charge in [-0.1, -0.05) is 12.1 Å². The monoisotopic (exact) mass is 531 g/mol. The lowest BCUT2D eigenvalue weighted by Gasteiger charge is -2.22. The lowest BCUT2D eigenvalue weighted by atomic mass is 10.0. The summed E-state index contributed by atoms with van der Waals surface area (Å²) >= 11 is 0. The van der Waals surface area contributed by atoms with Crippen molar-refractivity contribution < 1.29 is 18.7 Å². The van der Waals surface area contributed by atoms with Crippen LogP contribution in [0.3, 0.4) is 0 Å². The highest BCUT2D eigenvalue weighted by molar-refractivity contribution is 5.95. The SMILES string of the molecule is COc1cccc(Nc2nc(NCC3CCOCC3)n3ncc(-c4ccc(C(=O)NC5CC5)c(F)c4)c3n2)c1. The average molecular weight is 532 g/mol. The van der Waals surface area contributed by atoms with Gasteiger partial charge in [-0.05, 0) is 61.4 Å². The second-order valence-electron chi connectivity index (χ2n) is 9.90. The maximum absolute atomic E-state index is 15.0. The minimum Gasteiger partial charge on any atom is -0.497 e. The summed E-state index contributed by atoms with van der Waals surface area (Å²) in [6.45, 7) is 2.21. The zero-order chi connectivity index (χ0) is 26.8. The summed E-state index contributed by atoms with van der Waals surface area (Å²) < 4.78 is 27.5. The Morgan fingerprint density at radius 1 is 1.13 bits per heavy atom. The van der Waals surface area contributed by atoms with E-state index >= 15 is 4.39 Å². The number of carbonyl (C=O) groups is 1. The molecule has 1 aliphatic carbocycles. The van der Waals surface area contributed by atoms with Gasteiger partial charge < -0.3 is 25.4 Å². The Balaban J connectivity index is 1.34. The number of benzene rings is 2. The Hall–Kier alpha value is -4.25. The molecular formula is C28H30FN7O3. The van der Waals surface area contributed by atoms with Crippen molar-refractivity contribution in [1.82, 2.24) is 24.9 Å². The van der Waals surface area contributed by atoms with Gasteiger partial charge in [-0.2, -0.15) is 19.6 Å². The highest BCUT2D eigenvalue weighted by atomic mass is 19.1. The molecule has 1 saturated carbocycles. The second-order valence-corrected chi connectivity index (χ2v) is 9.90. The van der Waals surface area contributed by atoms with Gasteiger partial charge in [0, 0.05) is 43.1 Å². The van der Waals surface area contributed by atoms with Gasteiger partial charge in [0.1, 0.15) is 11.6 Å². The molecule has 3 heterocycles. The average Bonchev–Trinajstić information content (AvgIpc) is 3.67. The van der Waals surface area contributed by atoms with Crippen molar-refractivity contribution in [1.29, 1.82) is 0 Å². The minimum absolute atomic E-state index is 0.0240. The number of amides is 1. The van der Waals surface area contributed by atoms with Gasteiger partial charge in [-0.15, -0.1) is 0 Å². The minimum atomic E-state index is -0.591. The van der Waals surface area contributed by atoms with Crippen LogP contribution in [0.5, 0.6) is 5.75 Å². The Labute approximate surface area is 224 Å². The number of methoxy groups -OCH3 is 1. The molecule has 3 N–H and O–H groups in total. The molecule has 0 radical (unpaired) electrons. The smallest absolute Gasteiger partial charge is 0.254 e. The lowest BCUT2D eigenvalue weighted by molar-refractivity contribution is 0.0699. The third-order valence-corrected chi connectivity index (χ3v) is 7.02. The quantitative estimate of drug-likeness (QED) is 0.291. The largest absolute Gasteiger partial charge is 0.497 e. The number of fused-ring (bicyclic) bond motifs is 1. The van der Waals surface area contributed by atoms with Crippen LogP contribution in [0, 0.1) is 11.7 Å². The highest BCUT2D eigenvalue weighted by Gasteiger charge is 2.25. The Bertz CT molecular complexity index is 1500. The van der Waals surface area contributed by atoms with Crippen LogP contribution < -0.4 is 20.7 Å². The van der Waals surface area contributed by atoms with Crippen LogP contribution in [0.4, 0.5) is 22.0 Å². The van der Waals surface area contributed by atoms with E-state index < -0.39 is 11.7 Å². The number of hydrogen-bond donors (Lipinski definition) is 3. The van der Waals surface area contributed by atoms with Gasteiger partial charge in [0.25, 0.3) is 5.91 Å². The Morgan fingerprint density at radius 2 is 1.97 bits per heavy atom. The van der Waals surface area contributed by atoms with E-state index in [9.17, 15) is 4.79 Å². The standard InChI is InChI=1S/C28H30FN7O3/c1-38-21-4-2-3-20(14-21)33-27-34-25-23(18-5-8-22(24(29)13-18)26(37)32-19-6-7-19)16-31-36(25)28(35-27)30-15-17-9-11-39-12-10-17/h2-5,8,13-14,16-17,19H,6-7,9-12,15H2,1H3,(H,32,37)(H2,30,33,34,35). The van der Waals surface area contributed by atoms with Crippen molar-refractivity contribution in [2.45, 2.75) is 31.7 Å². The van der Waals surface area contributed by atoms with Crippen LogP contribution in [0.25, 0.3) is 16.8 Å². The molecule has 1 aliphatic heterocycles. The zero-order valence-corrected chi connectivity index (χ0v) is 21.6. The van der Waals surface area contributed by atoms with Crippen LogP contribution in [0.15, 0.2) is 48.7 Å². The summed E-state index contributed by atoms with van der Waals surface area (Å²) in [6.07, 6.45) is 5.45. The topological polar surface area (TPSA) is 115 Å². The first-order chi connectivity index (χ1) is 19.1. The molecule has 2 aromatic carbocycles. The predicted molar refractivity (Wildman–Crippen MR) is 145 cm³/mol. The van der Waals surface area contributed by atoms with Crippen molar-refractivity contribution in [2.75, 3.05) is 37.5 Å². The highest BCUT2D eigenvalue weighted by Crippen LogP contribution is 2.29. The van der Waals surface area contributed by atoms with Gasteiger partial charge in [-0.3, -0.25) is 4.79 Å². The van der Waals surface area contributed by atoms with Gasteiger partial charge in [0.05, 0.1) is 18.9 Å². The fraction of sp³-hybridized carbons (Fsp3) is 0.357. The summed E-state index contributed by atoms with van der Waals surface area (Å²) in [5.41, 5.74) is 2.46. The zero-order valence-electron chi connectivity index (χ0n) is 21.6. The number of aromatic nitrogens is 4. The second kappa shape index (κ2) is 10.9. The fourth-order valence-electron chi connectivity index (χ4n) is 4.63. The van der Waals surface area contributed by atoms with Crippen LogP contribution in [0.1, 0.15) is 36.0 Å². The number of anilines is 3. The summed E-state index contributed by atoms with van der Waals surface area (Å²) in [5.74, 6) is 1.04. The molecule has 6 rings (SSSR count). The van der Waals surface area contributed by atoms with Gasteiger partial charge in [-0.25, -0.2) is 4.39 Å². The van der Waals surface area contributed by atoms with E-state index in [1.54, 1.807) is 23.9 Å². The molecule has 0 unspecified atom stereocenters. The fourth-order valence-corrected chi connectivity index (χ4v) is 4.63. The first-order valence-electron chi connectivity index (χ1n) is 13.2. The first-order valence-corrected chi connectivity index (χ1v) is 13.2. The number of ether oxygens (including phenoxy) is 2. The number of rotatable bonds is 9. The van der Waals surface area contributed by atoms with Crippen molar-refractivity contribution in [3.05, 3.63) is 60.0 Å². The van der Waals surface area contributed by atoms with Crippen molar-refractivity contribution in [3.63, 3.8) is 0 Å². The molecule has 11 heteroatoms. The molecule has 1 amide bonds. The molecule has 1 saturated heterocycles. The van der Waals surface area contributed by atoms with Gasteiger partial charge in [0.15, 0.2) is 5.65 Å². The predicted octanol–water partition coefficient (Wildman–Crippen LogP) is 4.41. The Morgan fingerprint density at radius 3 is 2.74 bits per heavy atom. The van der Waals surface area contributed by atoms with Crippen molar-refractivity contribution >= 4 is 29.1 Å². The summed E-state index contributed by atoms with van der Waals surface area (Å²) in [5, 5.41) is 14.0. The van der Waals surface area contributed by atoms with Crippen molar-refractivity contribution in [3.8, 4) is 16.9 Å². The van der Waals surface area contributed by atoms with E-state index in [0.717, 1.165) is 44.6 Å². The van der Waals surface area contributed by atoms with Gasteiger partial charge >= 0.3 is 0 Å². The summed E-state index contributed by atoms with van der Waals surface area (Å²) in [4.78, 5) is 21.8. The normalized spacial score (nSPS) is 15.7. The molecule has 39 heavy (non-hydrogen) atoms. The molecule has 0 bridgehead atoms. The number of carbonyl (C=O) groups excluding carboxylic acids is 1. The molecule has 0 atom stereocenters. The number of hydrogen-bond acceptors (Lipinski definition) is 8. The van der Waals surface area contributed by atoms with E-state index in [-0.39, 0.29) is 11.6 Å². The van der Waals surface area contributed by atoms with Crippen LogP contribution in [0.2, 0.25) is 0 Å². The molecule has 10 nitrogen and oxygen atoms in total. The third-order valence-electron chi connectivity index (χ3n) is 7.02. The summed E-state index contributed by atoms with van der Waals surface area (Å²) in [7, 11) is 1.61. The van der Waals surface area contributed by atoms with E-state index in [2.05, 4.69) is 21.0 Å². The molecule has 2 aromatic heterocycles. The van der Waals surface area contributed by atoms with Crippen LogP contribution in [-0.4, -0.2) is 58.4 Å². The lowest BCUT2D eigenvalue weighted by Crippen LogP contribution is -2.26. The Kier molecular flexibility index (Phi) is 6.97. The van der Waals surface area contributed by atoms with E-state index in [1.807, 2.05) is 24.3 Å². The molecule has 2 fully saturated rings. The summed E-state index contributed by atoms with van der Waals surface area (Å²) in [6, 6.07) is 12.2. The molecule has 0 spiro atoms.